The Morgan fingerprint density at radius 3 is 2.48 bits per heavy atom. The molecule has 2 saturated heterocycles. The van der Waals surface area contributed by atoms with Crippen LogP contribution in [0.25, 0.3) is 0 Å². The number of aliphatic hydroxyl groups is 1. The zero-order valence-electron chi connectivity index (χ0n) is 13.9. The Kier molecular flexibility index (Phi) is 4.57. The Labute approximate surface area is 149 Å². The summed E-state index contributed by atoms with van der Waals surface area (Å²) in [6, 6.07) is 6.19. The normalized spacial score (nSPS) is 31.4. The molecule has 2 heterocycles. The van der Waals surface area contributed by atoms with Crippen LogP contribution in [-0.4, -0.2) is 53.6 Å². The van der Waals surface area contributed by atoms with Gasteiger partial charge in [0.15, 0.2) is 5.54 Å². The molecule has 3 rings (SSSR count). The van der Waals surface area contributed by atoms with E-state index in [4.69, 9.17) is 16.3 Å². The topological polar surface area (TPSA) is 95.9 Å². The molecule has 4 atom stereocenters. The van der Waals surface area contributed by atoms with E-state index in [1.54, 1.807) is 31.2 Å². The van der Waals surface area contributed by atoms with E-state index >= 15 is 0 Å². The minimum Gasteiger partial charge on any atom is -0.468 e. The molecule has 2 aliphatic rings. The van der Waals surface area contributed by atoms with Crippen LogP contribution in [0.1, 0.15) is 18.5 Å². The van der Waals surface area contributed by atoms with Crippen LogP contribution in [0, 0.1) is 11.8 Å². The molecule has 25 heavy (non-hydrogen) atoms. The monoisotopic (exact) mass is 366 g/mol. The van der Waals surface area contributed by atoms with E-state index in [0.29, 0.717) is 10.6 Å². The molecule has 4 unspecified atom stereocenters. The van der Waals surface area contributed by atoms with Crippen molar-refractivity contribution < 1.29 is 24.2 Å². The molecule has 0 saturated carbocycles. The smallest absolute Gasteiger partial charge is 0.329 e. The standard InChI is InChI=1S/C17H19ClN2O5/c1-3-20-14(22)11-12(15(20)23)17(8-21,16(24)25-2)19-13(11)9-4-6-10(18)7-5-9/h4-7,11-13,19,21H,3,8H2,1-2H3. The van der Waals surface area contributed by atoms with Crippen LogP contribution in [-0.2, 0) is 19.1 Å². The summed E-state index contributed by atoms with van der Waals surface area (Å²) in [7, 11) is 1.19. The number of fused-ring (bicyclic) bond motifs is 1. The highest BCUT2D eigenvalue weighted by Crippen LogP contribution is 2.49. The van der Waals surface area contributed by atoms with Gasteiger partial charge in [0.2, 0.25) is 11.8 Å². The minimum atomic E-state index is -1.65. The maximum absolute atomic E-state index is 12.8. The molecule has 1 aromatic carbocycles. The van der Waals surface area contributed by atoms with Gasteiger partial charge in [-0.3, -0.25) is 19.8 Å². The molecule has 134 valence electrons. The van der Waals surface area contributed by atoms with E-state index in [1.165, 1.54) is 7.11 Å². The van der Waals surface area contributed by atoms with Crippen molar-refractivity contribution >= 4 is 29.4 Å². The number of amides is 2. The van der Waals surface area contributed by atoms with E-state index in [9.17, 15) is 19.5 Å². The molecule has 2 N–H and O–H groups in total. The molecular formula is C17H19ClN2O5. The van der Waals surface area contributed by atoms with E-state index in [0.717, 1.165) is 4.90 Å². The maximum Gasteiger partial charge on any atom is 0.329 e. The second-order valence-corrected chi connectivity index (χ2v) is 6.66. The quantitative estimate of drug-likeness (QED) is 0.595. The summed E-state index contributed by atoms with van der Waals surface area (Å²) in [6.45, 7) is 1.25. The number of benzene rings is 1. The lowest BCUT2D eigenvalue weighted by atomic mass is 9.79. The maximum atomic E-state index is 12.8. The summed E-state index contributed by atoms with van der Waals surface area (Å²) < 4.78 is 4.83. The largest absolute Gasteiger partial charge is 0.468 e. The Bertz CT molecular complexity index is 722. The fraction of sp³-hybridized carbons (Fsp3) is 0.471. The van der Waals surface area contributed by atoms with Gasteiger partial charge in [0, 0.05) is 17.6 Å². The first kappa shape index (κ1) is 17.8. The summed E-state index contributed by atoms with van der Waals surface area (Å²) in [6.07, 6.45) is 0. The molecule has 2 amide bonds. The van der Waals surface area contributed by atoms with E-state index in [-0.39, 0.29) is 12.5 Å². The molecule has 0 radical (unpaired) electrons. The molecule has 2 aliphatic heterocycles. The van der Waals surface area contributed by atoms with Crippen LogP contribution >= 0.6 is 11.6 Å². The Hall–Kier alpha value is -1.96. The SMILES string of the molecule is CCN1C(=O)C2C(c3ccc(Cl)cc3)NC(CO)(C(=O)OC)C2C1=O. The lowest BCUT2D eigenvalue weighted by Gasteiger charge is -2.30. The van der Waals surface area contributed by atoms with Gasteiger partial charge >= 0.3 is 5.97 Å². The number of hydrogen-bond donors (Lipinski definition) is 2. The predicted molar refractivity (Wildman–Crippen MR) is 88.5 cm³/mol. The predicted octanol–water partition coefficient (Wildman–Crippen LogP) is 0.509. The van der Waals surface area contributed by atoms with Crippen molar-refractivity contribution in [1.82, 2.24) is 10.2 Å². The Morgan fingerprint density at radius 1 is 1.32 bits per heavy atom. The van der Waals surface area contributed by atoms with Crippen LogP contribution in [0.2, 0.25) is 5.02 Å². The van der Waals surface area contributed by atoms with Crippen molar-refractivity contribution in [3.63, 3.8) is 0 Å². The van der Waals surface area contributed by atoms with Crippen molar-refractivity contribution in [1.29, 1.82) is 0 Å². The molecule has 0 bridgehead atoms. The van der Waals surface area contributed by atoms with E-state index in [2.05, 4.69) is 5.32 Å². The zero-order valence-corrected chi connectivity index (χ0v) is 14.6. The van der Waals surface area contributed by atoms with Crippen LogP contribution in [0.3, 0.4) is 0 Å². The first-order chi connectivity index (χ1) is 11.9. The highest BCUT2D eigenvalue weighted by Gasteiger charge is 2.68. The molecular weight excluding hydrogens is 348 g/mol. The number of aliphatic hydroxyl groups excluding tert-OH is 1. The third-order valence-electron chi connectivity index (χ3n) is 5.09. The molecule has 8 heteroatoms. The number of carbonyl (C=O) groups is 3. The van der Waals surface area contributed by atoms with Crippen LogP contribution in [0.15, 0.2) is 24.3 Å². The number of imide groups is 1. The van der Waals surface area contributed by atoms with E-state index < -0.39 is 41.9 Å². The van der Waals surface area contributed by atoms with Crippen molar-refractivity contribution in [2.75, 3.05) is 20.3 Å². The molecule has 0 aromatic heterocycles. The molecule has 0 spiro atoms. The minimum absolute atomic E-state index is 0.209. The second kappa shape index (κ2) is 6.40. The van der Waals surface area contributed by atoms with Crippen LogP contribution in [0.5, 0.6) is 0 Å². The first-order valence-electron chi connectivity index (χ1n) is 7.99. The number of likely N-dealkylation sites (tertiary alicyclic amines) is 1. The van der Waals surface area contributed by atoms with Crippen molar-refractivity contribution in [2.45, 2.75) is 18.5 Å². The molecule has 2 fully saturated rings. The average molecular weight is 367 g/mol. The van der Waals surface area contributed by atoms with Crippen molar-refractivity contribution in [3.05, 3.63) is 34.9 Å². The number of rotatable bonds is 4. The van der Waals surface area contributed by atoms with Gasteiger partial charge in [-0.1, -0.05) is 23.7 Å². The number of ether oxygens (including phenoxy) is 1. The van der Waals surface area contributed by atoms with Crippen LogP contribution in [0.4, 0.5) is 0 Å². The Morgan fingerprint density at radius 2 is 1.96 bits per heavy atom. The lowest BCUT2D eigenvalue weighted by molar-refractivity contribution is -0.156. The highest BCUT2D eigenvalue weighted by molar-refractivity contribution is 6.30. The highest BCUT2D eigenvalue weighted by atomic mass is 35.5. The van der Waals surface area contributed by atoms with Gasteiger partial charge in [-0.2, -0.15) is 0 Å². The third kappa shape index (κ3) is 2.46. The first-order valence-corrected chi connectivity index (χ1v) is 8.36. The third-order valence-corrected chi connectivity index (χ3v) is 5.34. The number of nitrogens with one attached hydrogen (secondary N) is 1. The van der Waals surface area contributed by atoms with Gasteiger partial charge in [0.25, 0.3) is 0 Å². The second-order valence-electron chi connectivity index (χ2n) is 6.22. The van der Waals surface area contributed by atoms with E-state index in [1.807, 2.05) is 0 Å². The number of halogens is 1. The van der Waals surface area contributed by atoms with Crippen molar-refractivity contribution in [2.24, 2.45) is 11.8 Å². The number of carbonyl (C=O) groups excluding carboxylic acids is 3. The van der Waals surface area contributed by atoms with Gasteiger partial charge in [-0.05, 0) is 24.6 Å². The van der Waals surface area contributed by atoms with Gasteiger partial charge in [-0.15, -0.1) is 0 Å². The lowest BCUT2D eigenvalue weighted by Crippen LogP contribution is -2.58. The van der Waals surface area contributed by atoms with Crippen LogP contribution < -0.4 is 5.32 Å². The molecule has 7 nitrogen and oxygen atoms in total. The summed E-state index contributed by atoms with van der Waals surface area (Å²) in [5.41, 5.74) is -0.946. The van der Waals surface area contributed by atoms with Gasteiger partial charge in [0.1, 0.15) is 0 Å². The summed E-state index contributed by atoms with van der Waals surface area (Å²) in [5, 5.41) is 13.5. The van der Waals surface area contributed by atoms with Gasteiger partial charge in [-0.25, -0.2) is 4.79 Å². The fourth-order valence-corrected chi connectivity index (χ4v) is 4.04. The number of hydrogen-bond acceptors (Lipinski definition) is 6. The number of esters is 1. The molecule has 1 aromatic rings. The number of nitrogens with zero attached hydrogens (tertiary/aromatic N) is 1. The summed E-state index contributed by atoms with van der Waals surface area (Å²) in [5.74, 6) is -3.40. The average Bonchev–Trinajstić information content (AvgIpc) is 3.10. The summed E-state index contributed by atoms with van der Waals surface area (Å²) in [4.78, 5) is 39.1. The Balaban J connectivity index is 2.13. The molecule has 0 aliphatic carbocycles. The number of methoxy groups -OCH3 is 1. The van der Waals surface area contributed by atoms with Gasteiger partial charge in [0.05, 0.1) is 25.6 Å². The fourth-order valence-electron chi connectivity index (χ4n) is 3.91. The summed E-state index contributed by atoms with van der Waals surface area (Å²) >= 11 is 5.92. The van der Waals surface area contributed by atoms with Crippen molar-refractivity contribution in [3.8, 4) is 0 Å². The van der Waals surface area contributed by atoms with Gasteiger partial charge < -0.3 is 9.84 Å². The zero-order chi connectivity index (χ0) is 18.4.